The fraction of sp³-hybridized carbons (Fsp3) is 0.316. The predicted molar refractivity (Wildman–Crippen MR) is 98.1 cm³/mol. The Morgan fingerprint density at radius 1 is 1.16 bits per heavy atom. The number of para-hydroxylation sites is 1. The number of ether oxygens (including phenoxy) is 1. The molecule has 1 saturated heterocycles. The van der Waals surface area contributed by atoms with Crippen LogP contribution in [0.4, 0.5) is 5.69 Å². The van der Waals surface area contributed by atoms with Gasteiger partial charge in [0.25, 0.3) is 0 Å². The van der Waals surface area contributed by atoms with Gasteiger partial charge in [-0.3, -0.25) is 0 Å². The summed E-state index contributed by atoms with van der Waals surface area (Å²) < 4.78 is 5.74. The number of pyridine rings is 1. The molecule has 0 amide bonds. The molecule has 1 atom stereocenters. The SMILES string of the molecule is NC1=CN([C@@H]2CCCNC2)CN1c1ccc(Oc2ccccc2)nc1. The molecular formula is C19H23N5O. The van der Waals surface area contributed by atoms with Crippen LogP contribution in [0.5, 0.6) is 11.6 Å². The molecule has 0 spiro atoms. The number of hydrogen-bond donors (Lipinski definition) is 2. The maximum atomic E-state index is 6.24. The number of nitrogens with zero attached hydrogens (tertiary/aromatic N) is 3. The zero-order valence-electron chi connectivity index (χ0n) is 14.1. The minimum atomic E-state index is 0.506. The summed E-state index contributed by atoms with van der Waals surface area (Å²) >= 11 is 0. The van der Waals surface area contributed by atoms with Gasteiger partial charge >= 0.3 is 0 Å². The molecule has 6 heteroatoms. The van der Waals surface area contributed by atoms with Crippen molar-refractivity contribution in [1.29, 1.82) is 0 Å². The Hall–Kier alpha value is -2.73. The van der Waals surface area contributed by atoms with E-state index >= 15 is 0 Å². The minimum absolute atomic E-state index is 0.506. The van der Waals surface area contributed by atoms with Gasteiger partial charge in [-0.25, -0.2) is 4.98 Å². The zero-order valence-corrected chi connectivity index (χ0v) is 14.1. The van der Waals surface area contributed by atoms with Crippen LogP contribution in [0.1, 0.15) is 12.8 Å². The second-order valence-corrected chi connectivity index (χ2v) is 6.41. The van der Waals surface area contributed by atoms with Gasteiger partial charge in [0.1, 0.15) is 11.6 Å². The Labute approximate surface area is 147 Å². The van der Waals surface area contributed by atoms with Gasteiger partial charge in [0.2, 0.25) is 5.88 Å². The Morgan fingerprint density at radius 2 is 2.04 bits per heavy atom. The maximum absolute atomic E-state index is 6.24. The summed E-state index contributed by atoms with van der Waals surface area (Å²) in [6.45, 7) is 2.89. The van der Waals surface area contributed by atoms with Crippen LogP contribution in [0.15, 0.2) is 60.7 Å². The first-order valence-corrected chi connectivity index (χ1v) is 8.70. The first-order valence-electron chi connectivity index (χ1n) is 8.70. The molecule has 2 aromatic rings. The molecule has 1 aromatic heterocycles. The van der Waals surface area contributed by atoms with E-state index in [0.717, 1.165) is 37.0 Å². The van der Waals surface area contributed by atoms with Crippen molar-refractivity contribution < 1.29 is 4.74 Å². The average Bonchev–Trinajstić information content (AvgIpc) is 3.06. The Bertz CT molecular complexity index is 725. The molecule has 3 N–H and O–H groups in total. The van der Waals surface area contributed by atoms with E-state index in [4.69, 9.17) is 10.5 Å². The fourth-order valence-electron chi connectivity index (χ4n) is 3.30. The van der Waals surface area contributed by atoms with E-state index in [1.165, 1.54) is 12.8 Å². The number of piperidine rings is 1. The third-order valence-corrected chi connectivity index (χ3v) is 4.65. The highest BCUT2D eigenvalue weighted by atomic mass is 16.5. The fourth-order valence-corrected chi connectivity index (χ4v) is 3.30. The van der Waals surface area contributed by atoms with Crippen LogP contribution in [0.3, 0.4) is 0 Å². The van der Waals surface area contributed by atoms with Gasteiger partial charge in [0, 0.05) is 24.9 Å². The van der Waals surface area contributed by atoms with Gasteiger partial charge in [-0.1, -0.05) is 18.2 Å². The summed E-state index contributed by atoms with van der Waals surface area (Å²) in [7, 11) is 0. The Balaban J connectivity index is 1.42. The molecule has 1 fully saturated rings. The lowest BCUT2D eigenvalue weighted by Gasteiger charge is -2.32. The lowest BCUT2D eigenvalue weighted by molar-refractivity contribution is 0.245. The van der Waals surface area contributed by atoms with Crippen LogP contribution in [-0.4, -0.2) is 35.7 Å². The van der Waals surface area contributed by atoms with Crippen molar-refractivity contribution in [3.63, 3.8) is 0 Å². The molecule has 0 radical (unpaired) electrons. The highest BCUT2D eigenvalue weighted by Crippen LogP contribution is 2.27. The molecule has 2 aliphatic heterocycles. The quantitative estimate of drug-likeness (QED) is 0.893. The predicted octanol–water partition coefficient (Wildman–Crippen LogP) is 2.46. The van der Waals surface area contributed by atoms with Crippen LogP contribution in [-0.2, 0) is 0 Å². The van der Waals surface area contributed by atoms with E-state index in [0.29, 0.717) is 11.9 Å². The number of hydrogen-bond acceptors (Lipinski definition) is 6. The van der Waals surface area contributed by atoms with E-state index in [1.54, 1.807) is 0 Å². The van der Waals surface area contributed by atoms with Crippen molar-refractivity contribution in [2.24, 2.45) is 5.73 Å². The smallest absolute Gasteiger partial charge is 0.219 e. The molecule has 25 heavy (non-hydrogen) atoms. The Kier molecular flexibility index (Phi) is 4.43. The summed E-state index contributed by atoms with van der Waals surface area (Å²) in [6.07, 6.45) is 6.27. The first kappa shape index (κ1) is 15.8. The van der Waals surface area contributed by atoms with Crippen LogP contribution in [0, 0.1) is 0 Å². The van der Waals surface area contributed by atoms with E-state index in [2.05, 4.69) is 20.1 Å². The van der Waals surface area contributed by atoms with E-state index in [-0.39, 0.29) is 0 Å². The second kappa shape index (κ2) is 7.03. The van der Waals surface area contributed by atoms with Crippen molar-refractivity contribution in [2.45, 2.75) is 18.9 Å². The highest BCUT2D eigenvalue weighted by Gasteiger charge is 2.27. The molecule has 2 aliphatic rings. The second-order valence-electron chi connectivity index (χ2n) is 6.41. The molecule has 0 aliphatic carbocycles. The minimum Gasteiger partial charge on any atom is -0.439 e. The van der Waals surface area contributed by atoms with E-state index in [9.17, 15) is 0 Å². The standard InChI is InChI=1S/C19H23N5O/c20-18-13-23(15-5-4-10-21-11-15)14-24(18)16-8-9-19(22-12-16)25-17-6-2-1-3-7-17/h1-3,6-9,12-13,15,21H,4-5,10-11,14,20H2/t15-/m1/s1. The number of nitrogens with one attached hydrogen (secondary N) is 1. The van der Waals surface area contributed by atoms with Crippen LogP contribution in [0.25, 0.3) is 0 Å². The number of rotatable bonds is 4. The normalized spacial score (nSPS) is 20.5. The summed E-state index contributed by atoms with van der Waals surface area (Å²) in [5.74, 6) is 2.11. The van der Waals surface area contributed by atoms with Crippen molar-refractivity contribution in [3.05, 3.63) is 60.7 Å². The van der Waals surface area contributed by atoms with Crippen molar-refractivity contribution in [2.75, 3.05) is 24.7 Å². The molecule has 4 rings (SSSR count). The molecule has 0 unspecified atom stereocenters. The van der Waals surface area contributed by atoms with Gasteiger partial charge in [0.05, 0.1) is 18.6 Å². The number of benzene rings is 1. The Morgan fingerprint density at radius 3 is 2.76 bits per heavy atom. The molecule has 1 aromatic carbocycles. The number of aromatic nitrogens is 1. The van der Waals surface area contributed by atoms with Gasteiger partial charge in [-0.05, 0) is 37.6 Å². The van der Waals surface area contributed by atoms with E-state index in [1.807, 2.05) is 54.9 Å². The summed E-state index contributed by atoms with van der Waals surface area (Å²) in [5, 5.41) is 3.45. The topological polar surface area (TPSA) is 66.7 Å². The molecule has 3 heterocycles. The van der Waals surface area contributed by atoms with Crippen molar-refractivity contribution in [1.82, 2.24) is 15.2 Å². The summed E-state index contributed by atoms with van der Waals surface area (Å²) in [6, 6.07) is 14.0. The monoisotopic (exact) mass is 337 g/mol. The summed E-state index contributed by atoms with van der Waals surface area (Å²) in [5.41, 5.74) is 7.21. The molecule has 0 bridgehead atoms. The lowest BCUT2D eigenvalue weighted by Crippen LogP contribution is -2.44. The molecule has 130 valence electrons. The van der Waals surface area contributed by atoms with Gasteiger partial charge in [-0.15, -0.1) is 0 Å². The third kappa shape index (κ3) is 3.53. The zero-order chi connectivity index (χ0) is 17.1. The lowest BCUT2D eigenvalue weighted by atomic mass is 10.1. The molecule has 6 nitrogen and oxygen atoms in total. The van der Waals surface area contributed by atoms with Gasteiger partial charge in [-0.2, -0.15) is 0 Å². The molecular weight excluding hydrogens is 314 g/mol. The molecule has 0 saturated carbocycles. The van der Waals surface area contributed by atoms with Crippen molar-refractivity contribution in [3.8, 4) is 11.6 Å². The van der Waals surface area contributed by atoms with Gasteiger partial charge in [0.15, 0.2) is 0 Å². The largest absolute Gasteiger partial charge is 0.439 e. The van der Waals surface area contributed by atoms with Crippen LogP contribution < -0.4 is 20.7 Å². The van der Waals surface area contributed by atoms with Crippen molar-refractivity contribution >= 4 is 5.69 Å². The number of nitrogens with two attached hydrogens (primary N) is 1. The number of anilines is 1. The van der Waals surface area contributed by atoms with Gasteiger partial charge < -0.3 is 25.6 Å². The first-order chi connectivity index (χ1) is 12.3. The van der Waals surface area contributed by atoms with Crippen LogP contribution in [0.2, 0.25) is 0 Å². The van der Waals surface area contributed by atoms with Crippen LogP contribution >= 0.6 is 0 Å². The summed E-state index contributed by atoms with van der Waals surface area (Å²) in [4.78, 5) is 8.81. The van der Waals surface area contributed by atoms with E-state index < -0.39 is 0 Å². The third-order valence-electron chi connectivity index (χ3n) is 4.65. The maximum Gasteiger partial charge on any atom is 0.219 e. The average molecular weight is 337 g/mol. The highest BCUT2D eigenvalue weighted by molar-refractivity contribution is 5.52.